The molecule has 1 aromatic carbocycles. The van der Waals surface area contributed by atoms with Crippen molar-refractivity contribution in [2.75, 3.05) is 6.61 Å². The van der Waals surface area contributed by atoms with Gasteiger partial charge in [0.1, 0.15) is 0 Å². The van der Waals surface area contributed by atoms with Gasteiger partial charge >= 0.3 is 0 Å². The molecule has 0 fully saturated rings. The SMILES string of the molecule is CCOC1=CC[C@@H](CCc2ccccc2)C1. The molecule has 0 radical (unpaired) electrons. The summed E-state index contributed by atoms with van der Waals surface area (Å²) in [6.07, 6.45) is 7.07. The number of hydrogen-bond donors (Lipinski definition) is 0. The quantitative estimate of drug-likeness (QED) is 0.724. The second-order valence-corrected chi connectivity index (χ2v) is 4.43. The summed E-state index contributed by atoms with van der Waals surface area (Å²) in [5.41, 5.74) is 1.45. The standard InChI is InChI=1S/C15H20O/c1-2-16-15-11-10-14(12-15)9-8-13-6-4-3-5-7-13/h3-7,11,14H,2,8-10,12H2,1H3/t14-/m1/s1. The number of aryl methyl sites for hydroxylation is 1. The molecule has 0 aromatic heterocycles. The highest BCUT2D eigenvalue weighted by Crippen LogP contribution is 2.29. The minimum absolute atomic E-state index is 0.793. The van der Waals surface area contributed by atoms with E-state index in [0.717, 1.165) is 18.9 Å². The maximum absolute atomic E-state index is 5.55. The topological polar surface area (TPSA) is 9.23 Å². The third kappa shape index (κ3) is 3.13. The van der Waals surface area contributed by atoms with Crippen LogP contribution in [0, 0.1) is 5.92 Å². The largest absolute Gasteiger partial charge is 0.499 e. The van der Waals surface area contributed by atoms with Crippen LogP contribution in [0.2, 0.25) is 0 Å². The summed E-state index contributed by atoms with van der Waals surface area (Å²) in [6.45, 7) is 2.86. The van der Waals surface area contributed by atoms with Crippen molar-refractivity contribution in [2.45, 2.75) is 32.6 Å². The first-order valence-corrected chi connectivity index (χ1v) is 6.24. The van der Waals surface area contributed by atoms with Gasteiger partial charge in [0.15, 0.2) is 0 Å². The number of ether oxygens (including phenoxy) is 1. The second kappa shape index (κ2) is 5.74. The smallest absolute Gasteiger partial charge is 0.0922 e. The van der Waals surface area contributed by atoms with E-state index in [9.17, 15) is 0 Å². The molecule has 86 valence electrons. The molecule has 2 rings (SSSR count). The lowest BCUT2D eigenvalue weighted by molar-refractivity contribution is 0.215. The van der Waals surface area contributed by atoms with E-state index in [1.54, 1.807) is 0 Å². The van der Waals surface area contributed by atoms with Gasteiger partial charge in [0.25, 0.3) is 0 Å². The first-order chi connectivity index (χ1) is 7.88. The Bertz CT molecular complexity index is 340. The van der Waals surface area contributed by atoms with Crippen LogP contribution in [0.1, 0.15) is 31.7 Å². The molecule has 0 heterocycles. The lowest BCUT2D eigenvalue weighted by atomic mass is 9.97. The molecule has 1 aliphatic rings. The molecule has 0 N–H and O–H groups in total. The first-order valence-electron chi connectivity index (χ1n) is 6.24. The van der Waals surface area contributed by atoms with Crippen molar-refractivity contribution in [1.82, 2.24) is 0 Å². The molecule has 16 heavy (non-hydrogen) atoms. The van der Waals surface area contributed by atoms with Crippen LogP contribution in [-0.4, -0.2) is 6.61 Å². The Balaban J connectivity index is 1.73. The fourth-order valence-corrected chi connectivity index (χ4v) is 2.29. The summed E-state index contributed by atoms with van der Waals surface area (Å²) in [6, 6.07) is 10.7. The maximum Gasteiger partial charge on any atom is 0.0922 e. The number of allylic oxidation sites excluding steroid dienone is 2. The zero-order valence-corrected chi connectivity index (χ0v) is 9.99. The molecule has 0 bridgehead atoms. The van der Waals surface area contributed by atoms with E-state index in [2.05, 4.69) is 43.3 Å². The Hall–Kier alpha value is -1.24. The van der Waals surface area contributed by atoms with Gasteiger partial charge < -0.3 is 4.74 Å². The van der Waals surface area contributed by atoms with E-state index in [-0.39, 0.29) is 0 Å². The van der Waals surface area contributed by atoms with E-state index in [1.165, 1.54) is 30.6 Å². The molecule has 0 spiro atoms. The van der Waals surface area contributed by atoms with Gasteiger partial charge in [-0.1, -0.05) is 30.3 Å². The van der Waals surface area contributed by atoms with Crippen LogP contribution >= 0.6 is 0 Å². The summed E-state index contributed by atoms with van der Waals surface area (Å²) in [4.78, 5) is 0. The Morgan fingerprint density at radius 1 is 1.25 bits per heavy atom. The van der Waals surface area contributed by atoms with Crippen LogP contribution in [0.5, 0.6) is 0 Å². The number of benzene rings is 1. The summed E-state index contributed by atoms with van der Waals surface area (Å²) >= 11 is 0. The van der Waals surface area contributed by atoms with E-state index >= 15 is 0 Å². The van der Waals surface area contributed by atoms with Crippen molar-refractivity contribution >= 4 is 0 Å². The zero-order valence-electron chi connectivity index (χ0n) is 9.99. The number of rotatable bonds is 5. The summed E-state index contributed by atoms with van der Waals surface area (Å²) in [5, 5.41) is 0. The van der Waals surface area contributed by atoms with Crippen molar-refractivity contribution < 1.29 is 4.74 Å². The highest BCUT2D eigenvalue weighted by Gasteiger charge is 2.17. The molecule has 0 saturated carbocycles. The minimum Gasteiger partial charge on any atom is -0.499 e. The molecule has 0 saturated heterocycles. The lowest BCUT2D eigenvalue weighted by Crippen LogP contribution is -1.99. The Labute approximate surface area is 98.1 Å². The Morgan fingerprint density at radius 2 is 2.06 bits per heavy atom. The van der Waals surface area contributed by atoms with Crippen molar-refractivity contribution in [3.05, 3.63) is 47.7 Å². The average Bonchev–Trinajstić information content (AvgIpc) is 2.76. The van der Waals surface area contributed by atoms with E-state index in [1.807, 2.05) is 0 Å². The highest BCUT2D eigenvalue weighted by molar-refractivity contribution is 5.15. The molecule has 1 atom stereocenters. The van der Waals surface area contributed by atoms with Gasteiger partial charge in [-0.05, 0) is 43.7 Å². The number of hydrogen-bond acceptors (Lipinski definition) is 1. The maximum atomic E-state index is 5.55. The molecule has 0 aliphatic heterocycles. The molecule has 1 aromatic rings. The molecule has 0 amide bonds. The first kappa shape index (κ1) is 11.3. The van der Waals surface area contributed by atoms with Crippen molar-refractivity contribution in [3.8, 4) is 0 Å². The predicted molar refractivity (Wildman–Crippen MR) is 67.2 cm³/mol. The van der Waals surface area contributed by atoms with Gasteiger partial charge in [0.2, 0.25) is 0 Å². The van der Waals surface area contributed by atoms with Crippen LogP contribution < -0.4 is 0 Å². The fraction of sp³-hybridized carbons (Fsp3) is 0.467. The highest BCUT2D eigenvalue weighted by atomic mass is 16.5. The van der Waals surface area contributed by atoms with Crippen LogP contribution in [0.15, 0.2) is 42.2 Å². The average molecular weight is 216 g/mol. The summed E-state index contributed by atoms with van der Waals surface area (Å²) in [7, 11) is 0. The third-order valence-corrected chi connectivity index (χ3v) is 3.18. The van der Waals surface area contributed by atoms with Gasteiger partial charge in [-0.3, -0.25) is 0 Å². The van der Waals surface area contributed by atoms with Crippen molar-refractivity contribution in [2.24, 2.45) is 5.92 Å². The summed E-state index contributed by atoms with van der Waals surface area (Å²) < 4.78 is 5.55. The predicted octanol–water partition coefficient (Wildman–Crippen LogP) is 3.95. The lowest BCUT2D eigenvalue weighted by Gasteiger charge is -2.10. The molecule has 1 aliphatic carbocycles. The zero-order chi connectivity index (χ0) is 11.2. The van der Waals surface area contributed by atoms with Crippen LogP contribution in [0.4, 0.5) is 0 Å². The van der Waals surface area contributed by atoms with E-state index in [0.29, 0.717) is 0 Å². The van der Waals surface area contributed by atoms with Gasteiger partial charge in [0, 0.05) is 6.42 Å². The second-order valence-electron chi connectivity index (χ2n) is 4.43. The van der Waals surface area contributed by atoms with Crippen LogP contribution in [-0.2, 0) is 11.2 Å². The minimum atomic E-state index is 0.793. The van der Waals surface area contributed by atoms with Gasteiger partial charge in [0.05, 0.1) is 12.4 Å². The Morgan fingerprint density at radius 3 is 2.81 bits per heavy atom. The Kier molecular flexibility index (Phi) is 4.03. The van der Waals surface area contributed by atoms with Crippen molar-refractivity contribution in [1.29, 1.82) is 0 Å². The molecule has 1 nitrogen and oxygen atoms in total. The molecule has 0 unspecified atom stereocenters. The van der Waals surface area contributed by atoms with Gasteiger partial charge in [-0.15, -0.1) is 0 Å². The van der Waals surface area contributed by atoms with E-state index in [4.69, 9.17) is 4.74 Å². The third-order valence-electron chi connectivity index (χ3n) is 3.18. The molecule has 1 heteroatoms. The van der Waals surface area contributed by atoms with E-state index < -0.39 is 0 Å². The molecular weight excluding hydrogens is 196 g/mol. The normalized spacial score (nSPS) is 19.6. The monoisotopic (exact) mass is 216 g/mol. The fourth-order valence-electron chi connectivity index (χ4n) is 2.29. The molecular formula is C15H20O. The van der Waals surface area contributed by atoms with Crippen LogP contribution in [0.3, 0.4) is 0 Å². The van der Waals surface area contributed by atoms with Crippen molar-refractivity contribution in [3.63, 3.8) is 0 Å². The summed E-state index contributed by atoms with van der Waals surface area (Å²) in [5.74, 6) is 2.00. The van der Waals surface area contributed by atoms with Gasteiger partial charge in [-0.2, -0.15) is 0 Å². The van der Waals surface area contributed by atoms with Crippen LogP contribution in [0.25, 0.3) is 0 Å². The van der Waals surface area contributed by atoms with Gasteiger partial charge in [-0.25, -0.2) is 0 Å².